The second kappa shape index (κ2) is 5.54. The molecule has 0 saturated carbocycles. The van der Waals surface area contributed by atoms with E-state index in [1.165, 1.54) is 14.2 Å². The number of hydrogen-bond acceptors (Lipinski definition) is 5. The molecule has 0 bridgehead atoms. The molecule has 1 unspecified atom stereocenters. The normalized spacial score (nSPS) is 14.8. The fourth-order valence-electron chi connectivity index (χ4n) is 0.897. The summed E-state index contributed by atoms with van der Waals surface area (Å²) in [4.78, 5) is 0. The first-order valence-corrected chi connectivity index (χ1v) is 5.64. The Hall–Kier alpha value is -0.170. The summed E-state index contributed by atoms with van der Waals surface area (Å²) in [6, 6.07) is 0. The Morgan fingerprint density at radius 2 is 1.69 bits per heavy atom. The topological polar surface area (TPSA) is 61.8 Å². The first kappa shape index (κ1) is 12.8. The second-order valence-corrected chi connectivity index (χ2v) is 4.35. The van der Waals surface area contributed by atoms with Gasteiger partial charge < -0.3 is 9.47 Å². The van der Waals surface area contributed by atoms with Crippen LogP contribution in [0.3, 0.4) is 0 Å². The minimum absolute atomic E-state index is 0.375. The summed E-state index contributed by atoms with van der Waals surface area (Å²) in [7, 11) is -0.422. The maximum absolute atomic E-state index is 10.7. The van der Waals surface area contributed by atoms with Gasteiger partial charge in [0, 0.05) is 20.6 Å². The molecule has 0 N–H and O–H groups in total. The van der Waals surface area contributed by atoms with Crippen LogP contribution in [0.15, 0.2) is 0 Å². The lowest BCUT2D eigenvalue weighted by atomic mass is 10.3. The van der Waals surface area contributed by atoms with Crippen LogP contribution in [-0.2, 0) is 23.8 Å². The van der Waals surface area contributed by atoms with Crippen LogP contribution in [0.2, 0.25) is 0 Å². The maximum Gasteiger partial charge on any atom is 0.264 e. The first-order chi connectivity index (χ1) is 5.89. The zero-order valence-electron chi connectivity index (χ0n) is 8.31. The summed E-state index contributed by atoms with van der Waals surface area (Å²) in [5.41, 5.74) is 0. The summed E-state index contributed by atoms with van der Waals surface area (Å²) in [6.45, 7) is 1.64. The van der Waals surface area contributed by atoms with Crippen molar-refractivity contribution in [3.63, 3.8) is 0 Å². The van der Waals surface area contributed by atoms with E-state index in [1.54, 1.807) is 6.92 Å². The van der Waals surface area contributed by atoms with Crippen molar-refractivity contribution in [3.8, 4) is 0 Å². The van der Waals surface area contributed by atoms with Gasteiger partial charge >= 0.3 is 0 Å². The molecule has 0 aliphatic heterocycles. The van der Waals surface area contributed by atoms with E-state index in [1.807, 2.05) is 0 Å². The van der Waals surface area contributed by atoms with Crippen molar-refractivity contribution in [1.29, 1.82) is 0 Å². The number of hydrogen-bond donors (Lipinski definition) is 0. The first-order valence-electron chi connectivity index (χ1n) is 3.83. The van der Waals surface area contributed by atoms with E-state index in [0.717, 1.165) is 6.26 Å². The zero-order valence-corrected chi connectivity index (χ0v) is 9.13. The van der Waals surface area contributed by atoms with Crippen molar-refractivity contribution in [2.45, 2.75) is 25.7 Å². The van der Waals surface area contributed by atoms with Crippen molar-refractivity contribution >= 4 is 10.1 Å². The summed E-state index contributed by atoms with van der Waals surface area (Å²) >= 11 is 0. The van der Waals surface area contributed by atoms with Crippen LogP contribution in [0.4, 0.5) is 0 Å². The molecule has 5 nitrogen and oxygen atoms in total. The maximum atomic E-state index is 10.7. The highest BCUT2D eigenvalue weighted by Crippen LogP contribution is 2.07. The van der Waals surface area contributed by atoms with Crippen LogP contribution in [0.1, 0.15) is 13.3 Å². The van der Waals surface area contributed by atoms with E-state index < -0.39 is 22.5 Å². The van der Waals surface area contributed by atoms with E-state index in [0.29, 0.717) is 6.42 Å². The molecule has 0 aromatic carbocycles. The number of rotatable bonds is 6. The average molecular weight is 212 g/mol. The van der Waals surface area contributed by atoms with Crippen molar-refractivity contribution in [2.75, 3.05) is 20.5 Å². The van der Waals surface area contributed by atoms with Crippen LogP contribution in [-0.4, -0.2) is 41.3 Å². The molecule has 0 aliphatic rings. The number of ether oxygens (including phenoxy) is 2. The van der Waals surface area contributed by atoms with Crippen LogP contribution in [0.25, 0.3) is 0 Å². The standard InChI is InChI=1S/C7H16O5S/c1-6(12-13(4,8)9)5-7(10-2)11-3/h6-7H,5H2,1-4H3. The molecule has 0 spiro atoms. The molecule has 0 aliphatic carbocycles. The average Bonchev–Trinajstić information content (AvgIpc) is 1.96. The van der Waals surface area contributed by atoms with Crippen molar-refractivity contribution in [3.05, 3.63) is 0 Å². The molecule has 0 saturated heterocycles. The molecule has 13 heavy (non-hydrogen) atoms. The van der Waals surface area contributed by atoms with E-state index in [2.05, 4.69) is 4.18 Å². The van der Waals surface area contributed by atoms with Gasteiger partial charge in [0.15, 0.2) is 6.29 Å². The molecular formula is C7H16O5S. The van der Waals surface area contributed by atoms with Gasteiger partial charge in [-0.05, 0) is 6.92 Å². The van der Waals surface area contributed by atoms with Gasteiger partial charge in [0.1, 0.15) is 0 Å². The highest BCUT2D eigenvalue weighted by molar-refractivity contribution is 7.86. The summed E-state index contributed by atoms with van der Waals surface area (Å²) < 4.78 is 35.9. The lowest BCUT2D eigenvalue weighted by molar-refractivity contribution is -0.117. The van der Waals surface area contributed by atoms with Gasteiger partial charge in [0.05, 0.1) is 12.4 Å². The molecule has 0 rings (SSSR count). The molecule has 0 fully saturated rings. The highest BCUT2D eigenvalue weighted by Gasteiger charge is 2.15. The Balaban J connectivity index is 3.93. The third-order valence-electron chi connectivity index (χ3n) is 1.39. The van der Waals surface area contributed by atoms with Crippen LogP contribution < -0.4 is 0 Å². The van der Waals surface area contributed by atoms with E-state index in [-0.39, 0.29) is 0 Å². The molecule has 1 atom stereocenters. The van der Waals surface area contributed by atoms with Gasteiger partial charge in [0.25, 0.3) is 10.1 Å². The molecule has 0 aromatic heterocycles. The molecular weight excluding hydrogens is 196 g/mol. The highest BCUT2D eigenvalue weighted by atomic mass is 32.2. The van der Waals surface area contributed by atoms with E-state index >= 15 is 0 Å². The van der Waals surface area contributed by atoms with E-state index in [4.69, 9.17) is 9.47 Å². The third-order valence-corrected chi connectivity index (χ3v) is 2.07. The molecule has 0 aromatic rings. The Morgan fingerprint density at radius 3 is 2.00 bits per heavy atom. The quantitative estimate of drug-likeness (QED) is 0.470. The molecule has 0 radical (unpaired) electrons. The fraction of sp³-hybridized carbons (Fsp3) is 1.00. The lowest BCUT2D eigenvalue weighted by Gasteiger charge is -2.17. The zero-order chi connectivity index (χ0) is 10.5. The summed E-state index contributed by atoms with van der Waals surface area (Å²) in [5, 5.41) is 0. The molecule has 6 heteroatoms. The minimum atomic E-state index is -3.40. The predicted octanol–water partition coefficient (Wildman–Crippen LogP) is 0.360. The molecule has 0 amide bonds. The Bertz CT molecular complexity index is 219. The lowest BCUT2D eigenvalue weighted by Crippen LogP contribution is -2.23. The largest absolute Gasteiger partial charge is 0.356 e. The summed E-state index contributed by atoms with van der Waals surface area (Å²) in [5.74, 6) is 0. The fourth-order valence-corrected chi connectivity index (χ4v) is 1.57. The van der Waals surface area contributed by atoms with Crippen molar-refractivity contribution in [1.82, 2.24) is 0 Å². The Morgan fingerprint density at radius 1 is 1.23 bits per heavy atom. The van der Waals surface area contributed by atoms with Gasteiger partial charge in [-0.1, -0.05) is 0 Å². The number of methoxy groups -OCH3 is 2. The Labute approximate surface area is 79.1 Å². The SMILES string of the molecule is COC(CC(C)OS(C)(=O)=O)OC. The Kier molecular flexibility index (Phi) is 5.46. The smallest absolute Gasteiger partial charge is 0.264 e. The monoisotopic (exact) mass is 212 g/mol. The second-order valence-electron chi connectivity index (χ2n) is 2.75. The third kappa shape index (κ3) is 6.94. The van der Waals surface area contributed by atoms with Gasteiger partial charge in [-0.3, -0.25) is 4.18 Å². The molecule has 0 heterocycles. The van der Waals surface area contributed by atoms with Gasteiger partial charge in [0.2, 0.25) is 0 Å². The van der Waals surface area contributed by atoms with Gasteiger partial charge in [-0.2, -0.15) is 8.42 Å². The van der Waals surface area contributed by atoms with Crippen molar-refractivity contribution in [2.24, 2.45) is 0 Å². The summed E-state index contributed by atoms with van der Waals surface area (Å²) in [6.07, 6.45) is 0.509. The van der Waals surface area contributed by atoms with Crippen molar-refractivity contribution < 1.29 is 22.1 Å². The van der Waals surface area contributed by atoms with Crippen LogP contribution >= 0.6 is 0 Å². The van der Waals surface area contributed by atoms with Gasteiger partial charge in [-0.15, -0.1) is 0 Å². The van der Waals surface area contributed by atoms with Crippen LogP contribution in [0, 0.1) is 0 Å². The predicted molar refractivity (Wildman–Crippen MR) is 47.8 cm³/mol. The minimum Gasteiger partial charge on any atom is -0.356 e. The van der Waals surface area contributed by atoms with Crippen LogP contribution in [0.5, 0.6) is 0 Å². The van der Waals surface area contributed by atoms with Gasteiger partial charge in [-0.25, -0.2) is 0 Å². The van der Waals surface area contributed by atoms with E-state index in [9.17, 15) is 8.42 Å². The molecule has 80 valence electrons.